The molecule has 0 aliphatic heterocycles. The summed E-state index contributed by atoms with van der Waals surface area (Å²) in [6.45, 7) is 0.260. The van der Waals surface area contributed by atoms with E-state index in [0.29, 0.717) is 21.5 Å². The van der Waals surface area contributed by atoms with E-state index in [9.17, 15) is 4.79 Å². The maximum Gasteiger partial charge on any atom is 0.261 e. The molecular formula is C21H15Cl2N3O2S. The van der Waals surface area contributed by atoms with E-state index in [1.165, 1.54) is 11.3 Å². The Balaban J connectivity index is 1.78. The summed E-state index contributed by atoms with van der Waals surface area (Å²) in [7, 11) is 1.61. The SMILES string of the molecule is COc1ccc2sc(N(Cc3ccccn3)C(=O)c3ccc(Cl)cc3Cl)nc2c1. The molecule has 4 rings (SSSR count). The first-order valence-electron chi connectivity index (χ1n) is 8.66. The molecule has 0 saturated carbocycles. The third-order valence-corrected chi connectivity index (χ3v) is 5.87. The molecule has 0 bridgehead atoms. The molecule has 0 atom stereocenters. The van der Waals surface area contributed by atoms with E-state index in [4.69, 9.17) is 27.9 Å². The summed E-state index contributed by atoms with van der Waals surface area (Å²) in [5, 5.41) is 1.31. The van der Waals surface area contributed by atoms with Crippen LogP contribution in [0.25, 0.3) is 10.2 Å². The van der Waals surface area contributed by atoms with E-state index in [1.807, 2.05) is 36.4 Å². The molecule has 0 radical (unpaired) electrons. The van der Waals surface area contributed by atoms with Crippen molar-refractivity contribution in [2.45, 2.75) is 6.54 Å². The third kappa shape index (κ3) is 4.19. The molecule has 1 amide bonds. The number of anilines is 1. The standard InChI is InChI=1S/C21H15Cl2N3O2S/c1-28-15-6-8-19-18(11-15)25-21(29-19)26(12-14-4-2-3-9-24-14)20(27)16-7-5-13(22)10-17(16)23/h2-11H,12H2,1H3. The Morgan fingerprint density at radius 2 is 2.00 bits per heavy atom. The highest BCUT2D eigenvalue weighted by Crippen LogP contribution is 2.33. The van der Waals surface area contributed by atoms with Crippen molar-refractivity contribution >= 4 is 55.8 Å². The Morgan fingerprint density at radius 1 is 1.14 bits per heavy atom. The number of benzene rings is 2. The molecule has 2 aromatic carbocycles. The van der Waals surface area contributed by atoms with Crippen molar-refractivity contribution in [2.24, 2.45) is 0 Å². The van der Waals surface area contributed by atoms with Crippen molar-refractivity contribution in [1.29, 1.82) is 0 Å². The van der Waals surface area contributed by atoms with Gasteiger partial charge in [0.25, 0.3) is 5.91 Å². The molecule has 0 aliphatic carbocycles. The summed E-state index contributed by atoms with van der Waals surface area (Å²) < 4.78 is 6.22. The van der Waals surface area contributed by atoms with E-state index in [0.717, 1.165) is 15.9 Å². The number of rotatable bonds is 5. The van der Waals surface area contributed by atoms with Crippen LogP contribution in [0.15, 0.2) is 60.8 Å². The van der Waals surface area contributed by atoms with E-state index >= 15 is 0 Å². The molecule has 4 aromatic rings. The summed E-state index contributed by atoms with van der Waals surface area (Å²) in [6.07, 6.45) is 1.69. The minimum atomic E-state index is -0.275. The number of thiazole rings is 1. The van der Waals surface area contributed by atoms with E-state index in [1.54, 1.807) is 36.4 Å². The van der Waals surface area contributed by atoms with Crippen LogP contribution in [0, 0.1) is 0 Å². The monoisotopic (exact) mass is 443 g/mol. The molecule has 0 N–H and O–H groups in total. The Labute approximate surface area is 181 Å². The first kappa shape index (κ1) is 19.6. The summed E-state index contributed by atoms with van der Waals surface area (Å²) in [5.74, 6) is 0.432. The molecule has 146 valence electrons. The zero-order chi connectivity index (χ0) is 20.4. The van der Waals surface area contributed by atoms with E-state index in [2.05, 4.69) is 9.97 Å². The zero-order valence-corrected chi connectivity index (χ0v) is 17.6. The van der Waals surface area contributed by atoms with Crippen molar-refractivity contribution in [2.75, 3.05) is 12.0 Å². The van der Waals surface area contributed by atoms with Gasteiger partial charge >= 0.3 is 0 Å². The molecule has 5 nitrogen and oxygen atoms in total. The van der Waals surface area contributed by atoms with Crippen molar-refractivity contribution in [3.8, 4) is 5.75 Å². The average Bonchev–Trinajstić information content (AvgIpc) is 3.15. The van der Waals surface area contributed by atoms with Gasteiger partial charge in [0, 0.05) is 17.3 Å². The lowest BCUT2D eigenvalue weighted by atomic mass is 10.2. The van der Waals surface area contributed by atoms with E-state index < -0.39 is 0 Å². The second-order valence-electron chi connectivity index (χ2n) is 6.17. The molecule has 0 saturated heterocycles. The molecular weight excluding hydrogens is 429 g/mol. The highest BCUT2D eigenvalue weighted by Gasteiger charge is 2.24. The van der Waals surface area contributed by atoms with Crippen LogP contribution in [0.1, 0.15) is 16.1 Å². The lowest BCUT2D eigenvalue weighted by molar-refractivity contribution is 0.0985. The number of methoxy groups -OCH3 is 1. The molecule has 0 spiro atoms. The second kappa shape index (κ2) is 8.37. The van der Waals surface area contributed by atoms with Gasteiger partial charge in [-0.15, -0.1) is 0 Å². The second-order valence-corrected chi connectivity index (χ2v) is 8.02. The average molecular weight is 444 g/mol. The van der Waals surface area contributed by atoms with Crippen molar-refractivity contribution in [1.82, 2.24) is 9.97 Å². The molecule has 0 fully saturated rings. The Hall–Kier alpha value is -2.67. The Kier molecular flexibility index (Phi) is 5.67. The predicted molar refractivity (Wildman–Crippen MR) is 117 cm³/mol. The number of pyridine rings is 1. The zero-order valence-electron chi connectivity index (χ0n) is 15.3. The van der Waals surface area contributed by atoms with Gasteiger partial charge in [0.15, 0.2) is 5.13 Å². The predicted octanol–water partition coefficient (Wildman–Crippen LogP) is 5.85. The van der Waals surface area contributed by atoms with Gasteiger partial charge in [-0.3, -0.25) is 14.7 Å². The number of fused-ring (bicyclic) bond motifs is 1. The van der Waals surface area contributed by atoms with Gasteiger partial charge in [-0.05, 0) is 42.5 Å². The fourth-order valence-electron chi connectivity index (χ4n) is 2.83. The maximum absolute atomic E-state index is 13.4. The summed E-state index contributed by atoms with van der Waals surface area (Å²) in [4.78, 5) is 24.0. The molecule has 0 unspecified atom stereocenters. The van der Waals surface area contributed by atoms with Crippen molar-refractivity contribution in [3.63, 3.8) is 0 Å². The van der Waals surface area contributed by atoms with Crippen LogP contribution in [0.2, 0.25) is 10.0 Å². The van der Waals surface area contributed by atoms with Crippen LogP contribution in [0.3, 0.4) is 0 Å². The largest absolute Gasteiger partial charge is 0.497 e. The number of halogens is 2. The highest BCUT2D eigenvalue weighted by atomic mass is 35.5. The fourth-order valence-corrected chi connectivity index (χ4v) is 4.26. The van der Waals surface area contributed by atoms with Gasteiger partial charge in [-0.1, -0.05) is 40.6 Å². The summed E-state index contributed by atoms with van der Waals surface area (Å²) >= 11 is 13.7. The Morgan fingerprint density at radius 3 is 2.72 bits per heavy atom. The van der Waals surface area contributed by atoms with Crippen molar-refractivity contribution < 1.29 is 9.53 Å². The van der Waals surface area contributed by atoms with Gasteiger partial charge < -0.3 is 4.74 Å². The number of aromatic nitrogens is 2. The number of nitrogens with zero attached hydrogens (tertiary/aromatic N) is 3. The third-order valence-electron chi connectivity index (χ3n) is 4.27. The minimum absolute atomic E-state index is 0.260. The fraction of sp³-hybridized carbons (Fsp3) is 0.0952. The number of ether oxygens (including phenoxy) is 1. The smallest absolute Gasteiger partial charge is 0.261 e. The van der Waals surface area contributed by atoms with Crippen LogP contribution in [-0.4, -0.2) is 23.0 Å². The number of amides is 1. The van der Waals surface area contributed by atoms with Crippen LogP contribution in [0.4, 0.5) is 5.13 Å². The van der Waals surface area contributed by atoms with E-state index in [-0.39, 0.29) is 17.5 Å². The van der Waals surface area contributed by atoms with Gasteiger partial charge in [0.05, 0.1) is 40.2 Å². The molecule has 2 aromatic heterocycles. The first-order valence-corrected chi connectivity index (χ1v) is 10.2. The number of carbonyl (C=O) groups is 1. The van der Waals surface area contributed by atoms with Gasteiger partial charge in [-0.2, -0.15) is 0 Å². The minimum Gasteiger partial charge on any atom is -0.497 e. The van der Waals surface area contributed by atoms with Crippen molar-refractivity contribution in [3.05, 3.63) is 82.1 Å². The normalized spacial score (nSPS) is 10.9. The van der Waals surface area contributed by atoms with Gasteiger partial charge in [0.2, 0.25) is 0 Å². The lowest BCUT2D eigenvalue weighted by Gasteiger charge is -2.20. The van der Waals surface area contributed by atoms with Crippen LogP contribution in [-0.2, 0) is 6.54 Å². The topological polar surface area (TPSA) is 55.3 Å². The first-order chi connectivity index (χ1) is 14.0. The number of carbonyl (C=O) groups excluding carboxylic acids is 1. The molecule has 8 heteroatoms. The molecule has 0 aliphatic rings. The summed E-state index contributed by atoms with van der Waals surface area (Å²) in [5.41, 5.74) is 1.84. The molecule has 29 heavy (non-hydrogen) atoms. The van der Waals surface area contributed by atoms with Crippen LogP contribution < -0.4 is 9.64 Å². The highest BCUT2D eigenvalue weighted by molar-refractivity contribution is 7.22. The molecule has 2 heterocycles. The van der Waals surface area contributed by atoms with Gasteiger partial charge in [-0.25, -0.2) is 4.98 Å². The maximum atomic E-state index is 13.4. The van der Waals surface area contributed by atoms with Crippen LogP contribution in [0.5, 0.6) is 5.75 Å². The lowest BCUT2D eigenvalue weighted by Crippen LogP contribution is -2.31. The summed E-state index contributed by atoms with van der Waals surface area (Å²) in [6, 6.07) is 16.0. The number of hydrogen-bond donors (Lipinski definition) is 0. The Bertz CT molecular complexity index is 1180. The van der Waals surface area contributed by atoms with Crippen LogP contribution >= 0.6 is 34.5 Å². The van der Waals surface area contributed by atoms with Gasteiger partial charge in [0.1, 0.15) is 5.75 Å². The number of hydrogen-bond acceptors (Lipinski definition) is 5. The quantitative estimate of drug-likeness (QED) is 0.387.